The van der Waals surface area contributed by atoms with E-state index in [0.29, 0.717) is 13.1 Å². The van der Waals surface area contributed by atoms with Crippen molar-refractivity contribution in [3.05, 3.63) is 0 Å². The van der Waals surface area contributed by atoms with Gasteiger partial charge < -0.3 is 15.4 Å². The SMILES string of the molecule is CN=C(NCCC(F)(F)F)NCCS(=O)(=O)N1CC(C)OC(C)C1. The molecule has 1 aliphatic heterocycles. The Kier molecular flexibility index (Phi) is 7.74. The molecule has 2 N–H and O–H groups in total. The number of halogens is 3. The molecule has 2 atom stereocenters. The minimum atomic E-state index is -4.25. The number of alkyl halides is 3. The third-order valence-electron chi connectivity index (χ3n) is 3.36. The van der Waals surface area contributed by atoms with Gasteiger partial charge in [0.05, 0.1) is 24.4 Å². The highest BCUT2D eigenvalue weighted by Gasteiger charge is 2.30. The van der Waals surface area contributed by atoms with E-state index in [1.54, 1.807) is 0 Å². The summed E-state index contributed by atoms with van der Waals surface area (Å²) in [5.41, 5.74) is 0. The van der Waals surface area contributed by atoms with Gasteiger partial charge in [0.15, 0.2) is 5.96 Å². The lowest BCUT2D eigenvalue weighted by atomic mass is 10.3. The summed E-state index contributed by atoms with van der Waals surface area (Å²) in [6.07, 6.45) is -5.59. The highest BCUT2D eigenvalue weighted by molar-refractivity contribution is 7.89. The van der Waals surface area contributed by atoms with E-state index in [4.69, 9.17) is 4.74 Å². The largest absolute Gasteiger partial charge is 0.390 e. The fourth-order valence-electron chi connectivity index (χ4n) is 2.33. The van der Waals surface area contributed by atoms with E-state index in [-0.39, 0.29) is 37.0 Å². The molecule has 0 bridgehead atoms. The average Bonchev–Trinajstić information content (AvgIpc) is 2.43. The molecule has 0 spiro atoms. The van der Waals surface area contributed by atoms with Gasteiger partial charge in [-0.25, -0.2) is 8.42 Å². The minimum Gasteiger partial charge on any atom is -0.373 e. The number of hydrogen-bond acceptors (Lipinski definition) is 4. The van der Waals surface area contributed by atoms with Crippen molar-refractivity contribution in [3.8, 4) is 0 Å². The van der Waals surface area contributed by atoms with Crippen LogP contribution in [0.2, 0.25) is 0 Å². The fourth-order valence-corrected chi connectivity index (χ4v) is 3.82. The molecule has 0 aliphatic carbocycles. The van der Waals surface area contributed by atoms with Gasteiger partial charge in [-0.15, -0.1) is 0 Å². The molecule has 2 unspecified atom stereocenters. The van der Waals surface area contributed by atoms with Gasteiger partial charge in [-0.05, 0) is 13.8 Å². The van der Waals surface area contributed by atoms with Gasteiger partial charge in [0, 0.05) is 33.2 Å². The van der Waals surface area contributed by atoms with E-state index >= 15 is 0 Å². The molecular formula is C13H25F3N4O3S. The van der Waals surface area contributed by atoms with Crippen molar-refractivity contribution in [2.24, 2.45) is 4.99 Å². The first-order valence-electron chi connectivity index (χ1n) is 7.68. The highest BCUT2D eigenvalue weighted by Crippen LogP contribution is 2.18. The number of guanidine groups is 1. The first kappa shape index (κ1) is 21.0. The van der Waals surface area contributed by atoms with Crippen molar-refractivity contribution in [3.63, 3.8) is 0 Å². The summed E-state index contributed by atoms with van der Waals surface area (Å²) in [5, 5.41) is 5.20. The summed E-state index contributed by atoms with van der Waals surface area (Å²) in [4.78, 5) is 3.76. The molecule has 7 nitrogen and oxygen atoms in total. The van der Waals surface area contributed by atoms with Crippen LogP contribution in [-0.2, 0) is 14.8 Å². The molecule has 1 rings (SSSR count). The third-order valence-corrected chi connectivity index (χ3v) is 5.16. The van der Waals surface area contributed by atoms with Crippen LogP contribution in [0, 0.1) is 0 Å². The van der Waals surface area contributed by atoms with Crippen LogP contribution in [0.1, 0.15) is 20.3 Å². The normalized spacial score (nSPS) is 24.0. The molecule has 11 heteroatoms. The van der Waals surface area contributed by atoms with E-state index in [1.807, 2.05) is 13.8 Å². The van der Waals surface area contributed by atoms with Crippen molar-refractivity contribution in [1.29, 1.82) is 0 Å². The Balaban J connectivity index is 2.41. The summed E-state index contributed by atoms with van der Waals surface area (Å²) in [6.45, 7) is 3.94. The van der Waals surface area contributed by atoms with E-state index in [0.717, 1.165) is 0 Å². The zero-order valence-corrected chi connectivity index (χ0v) is 14.9. The van der Waals surface area contributed by atoms with Crippen LogP contribution in [0.3, 0.4) is 0 Å². The molecule has 1 aliphatic rings. The number of hydrogen-bond donors (Lipinski definition) is 2. The molecule has 142 valence electrons. The second-order valence-electron chi connectivity index (χ2n) is 5.68. The van der Waals surface area contributed by atoms with Crippen LogP contribution in [0.25, 0.3) is 0 Å². The second kappa shape index (κ2) is 8.86. The number of nitrogens with zero attached hydrogens (tertiary/aromatic N) is 2. The molecule has 0 aromatic carbocycles. The molecular weight excluding hydrogens is 349 g/mol. The Labute approximate surface area is 140 Å². The lowest BCUT2D eigenvalue weighted by molar-refractivity contribution is -0.132. The lowest BCUT2D eigenvalue weighted by Gasteiger charge is -2.34. The molecule has 24 heavy (non-hydrogen) atoms. The van der Waals surface area contributed by atoms with Crippen molar-refractivity contribution in [2.75, 3.05) is 39.0 Å². The molecule has 1 heterocycles. The molecule has 0 aromatic heterocycles. The predicted octanol–water partition coefficient (Wildman–Crippen LogP) is 0.543. The van der Waals surface area contributed by atoms with Gasteiger partial charge in [-0.2, -0.15) is 17.5 Å². The van der Waals surface area contributed by atoms with Gasteiger partial charge in [0.1, 0.15) is 0 Å². The summed E-state index contributed by atoms with van der Waals surface area (Å²) >= 11 is 0. The minimum absolute atomic E-state index is 0.0497. The smallest absolute Gasteiger partial charge is 0.373 e. The topological polar surface area (TPSA) is 83.0 Å². The number of sulfonamides is 1. The van der Waals surface area contributed by atoms with Gasteiger partial charge in [-0.1, -0.05) is 0 Å². The van der Waals surface area contributed by atoms with E-state index < -0.39 is 22.6 Å². The van der Waals surface area contributed by atoms with Crippen LogP contribution >= 0.6 is 0 Å². The number of morpholine rings is 1. The van der Waals surface area contributed by atoms with E-state index in [9.17, 15) is 21.6 Å². The Morgan fingerprint density at radius 2 is 1.75 bits per heavy atom. The maximum Gasteiger partial charge on any atom is 0.390 e. The summed E-state index contributed by atoms with van der Waals surface area (Å²) in [6, 6.07) is 0. The molecule has 0 saturated carbocycles. The first-order valence-corrected chi connectivity index (χ1v) is 9.29. The van der Waals surface area contributed by atoms with Crippen molar-refractivity contribution < 1.29 is 26.3 Å². The summed E-state index contributed by atoms with van der Waals surface area (Å²) < 4.78 is 67.8. The maximum atomic E-state index is 12.3. The maximum absolute atomic E-state index is 12.3. The van der Waals surface area contributed by atoms with Gasteiger partial charge in [-0.3, -0.25) is 4.99 Å². The first-order chi connectivity index (χ1) is 11.0. The van der Waals surface area contributed by atoms with Gasteiger partial charge in [0.2, 0.25) is 10.0 Å². The third kappa shape index (κ3) is 7.67. The number of aliphatic imine (C=N–C) groups is 1. The molecule has 1 fully saturated rings. The van der Waals surface area contributed by atoms with Gasteiger partial charge >= 0.3 is 6.18 Å². The van der Waals surface area contributed by atoms with Crippen LogP contribution < -0.4 is 10.6 Å². The monoisotopic (exact) mass is 374 g/mol. The standard InChI is InChI=1S/C13H25F3N4O3S/c1-10-8-20(9-11(2)23-10)24(21,22)7-6-19-12(17-3)18-5-4-13(14,15)16/h10-11H,4-9H2,1-3H3,(H2,17,18,19). The number of rotatable bonds is 6. The molecule has 0 radical (unpaired) electrons. The predicted molar refractivity (Wildman–Crippen MR) is 85.4 cm³/mol. The Hall–Kier alpha value is -1.07. The second-order valence-corrected chi connectivity index (χ2v) is 7.77. The Morgan fingerprint density at radius 1 is 1.21 bits per heavy atom. The highest BCUT2D eigenvalue weighted by atomic mass is 32.2. The number of ether oxygens (including phenoxy) is 1. The van der Waals surface area contributed by atoms with Crippen LogP contribution in [0.4, 0.5) is 13.2 Å². The lowest BCUT2D eigenvalue weighted by Crippen LogP contribution is -2.50. The van der Waals surface area contributed by atoms with E-state index in [2.05, 4.69) is 15.6 Å². The fraction of sp³-hybridized carbons (Fsp3) is 0.923. The van der Waals surface area contributed by atoms with E-state index in [1.165, 1.54) is 11.4 Å². The zero-order valence-electron chi connectivity index (χ0n) is 14.1. The number of nitrogens with one attached hydrogen (secondary N) is 2. The zero-order chi connectivity index (χ0) is 18.4. The van der Waals surface area contributed by atoms with Crippen LogP contribution in [-0.4, -0.2) is 76.0 Å². The van der Waals surface area contributed by atoms with Crippen molar-refractivity contribution in [1.82, 2.24) is 14.9 Å². The van der Waals surface area contributed by atoms with Crippen LogP contribution in [0.5, 0.6) is 0 Å². The van der Waals surface area contributed by atoms with Crippen molar-refractivity contribution >= 4 is 16.0 Å². The van der Waals surface area contributed by atoms with Gasteiger partial charge in [0.25, 0.3) is 0 Å². The van der Waals surface area contributed by atoms with Crippen LogP contribution in [0.15, 0.2) is 4.99 Å². The molecule has 0 aromatic rings. The molecule has 1 saturated heterocycles. The molecule has 0 amide bonds. The summed E-state index contributed by atoms with van der Waals surface area (Å²) in [5.74, 6) is -0.0370. The quantitative estimate of drug-likeness (QED) is 0.524. The average molecular weight is 374 g/mol. The van der Waals surface area contributed by atoms with Crippen molar-refractivity contribution in [2.45, 2.75) is 38.7 Å². The Morgan fingerprint density at radius 3 is 2.25 bits per heavy atom. The summed E-state index contributed by atoms with van der Waals surface area (Å²) in [7, 11) is -2.06. The Bertz CT molecular complexity index is 515.